The molecule has 0 aromatic heterocycles. The molecule has 0 unspecified atom stereocenters. The van der Waals surface area contributed by atoms with Gasteiger partial charge in [0.25, 0.3) is 0 Å². The standard InChI is InChI=1S/C11H12Cl2O2/c1-7(2)11(14)6-15-10-4-8(12)3-9(13)5-10/h3-5,7H,6H2,1-2H3. The van der Waals surface area contributed by atoms with Crippen molar-refractivity contribution < 1.29 is 9.53 Å². The number of carbonyl (C=O) groups is 1. The summed E-state index contributed by atoms with van der Waals surface area (Å²) in [5.74, 6) is 0.534. The first-order valence-electron chi connectivity index (χ1n) is 4.60. The molecule has 0 amide bonds. The molecule has 1 aromatic carbocycles. The first-order chi connectivity index (χ1) is 6.99. The number of hydrogen-bond donors (Lipinski definition) is 0. The maximum Gasteiger partial charge on any atom is 0.172 e. The van der Waals surface area contributed by atoms with Gasteiger partial charge in [0, 0.05) is 16.0 Å². The fraction of sp³-hybridized carbons (Fsp3) is 0.364. The molecular weight excluding hydrogens is 235 g/mol. The summed E-state index contributed by atoms with van der Waals surface area (Å²) in [7, 11) is 0. The Morgan fingerprint density at radius 3 is 2.27 bits per heavy atom. The molecule has 0 radical (unpaired) electrons. The van der Waals surface area contributed by atoms with E-state index in [-0.39, 0.29) is 18.3 Å². The molecule has 0 aliphatic carbocycles. The van der Waals surface area contributed by atoms with Crippen LogP contribution < -0.4 is 4.74 Å². The molecule has 0 saturated heterocycles. The van der Waals surface area contributed by atoms with Crippen LogP contribution in [0.5, 0.6) is 5.75 Å². The Hall–Kier alpha value is -0.730. The van der Waals surface area contributed by atoms with Gasteiger partial charge in [-0.2, -0.15) is 0 Å². The van der Waals surface area contributed by atoms with Crippen LogP contribution in [0.4, 0.5) is 0 Å². The quantitative estimate of drug-likeness (QED) is 0.812. The number of hydrogen-bond acceptors (Lipinski definition) is 2. The topological polar surface area (TPSA) is 26.3 Å². The van der Waals surface area contributed by atoms with Crippen LogP contribution in [0.25, 0.3) is 0 Å². The highest BCUT2D eigenvalue weighted by atomic mass is 35.5. The lowest BCUT2D eigenvalue weighted by molar-refractivity contribution is -0.123. The van der Waals surface area contributed by atoms with Gasteiger partial charge in [-0.25, -0.2) is 0 Å². The second kappa shape index (κ2) is 5.38. The lowest BCUT2D eigenvalue weighted by Gasteiger charge is -2.07. The average Bonchev–Trinajstić information content (AvgIpc) is 2.12. The van der Waals surface area contributed by atoms with Crippen LogP contribution in [0.15, 0.2) is 18.2 Å². The Balaban J connectivity index is 2.61. The zero-order valence-corrected chi connectivity index (χ0v) is 10.1. The highest BCUT2D eigenvalue weighted by Crippen LogP contribution is 2.24. The number of carbonyl (C=O) groups excluding carboxylic acids is 1. The molecule has 4 heteroatoms. The minimum atomic E-state index is -0.0281. The van der Waals surface area contributed by atoms with Gasteiger partial charge in [0.2, 0.25) is 0 Å². The van der Waals surface area contributed by atoms with Crippen molar-refractivity contribution >= 4 is 29.0 Å². The number of rotatable bonds is 4. The summed E-state index contributed by atoms with van der Waals surface area (Å²) in [5.41, 5.74) is 0. The second-order valence-corrected chi connectivity index (χ2v) is 4.39. The molecule has 0 fully saturated rings. The van der Waals surface area contributed by atoms with Crippen LogP contribution in [0, 0.1) is 5.92 Å². The van der Waals surface area contributed by atoms with Crippen molar-refractivity contribution in [2.24, 2.45) is 5.92 Å². The predicted molar refractivity (Wildman–Crippen MR) is 61.8 cm³/mol. The maximum atomic E-state index is 11.3. The normalized spacial score (nSPS) is 10.5. The fourth-order valence-electron chi connectivity index (χ4n) is 0.933. The summed E-state index contributed by atoms with van der Waals surface area (Å²) in [5, 5.41) is 0.990. The zero-order chi connectivity index (χ0) is 11.4. The molecule has 0 heterocycles. The van der Waals surface area contributed by atoms with Crippen molar-refractivity contribution in [3.05, 3.63) is 28.2 Å². The molecule has 0 aliphatic rings. The number of ketones is 1. The molecule has 0 atom stereocenters. The summed E-state index contributed by atoms with van der Waals surface area (Å²) in [6.07, 6.45) is 0. The Labute approximate surface area is 99.1 Å². The molecular formula is C11H12Cl2O2. The van der Waals surface area contributed by atoms with E-state index < -0.39 is 0 Å². The molecule has 15 heavy (non-hydrogen) atoms. The Kier molecular flexibility index (Phi) is 4.43. The Bertz CT molecular complexity index is 341. The monoisotopic (exact) mass is 246 g/mol. The van der Waals surface area contributed by atoms with E-state index in [0.29, 0.717) is 15.8 Å². The molecule has 0 bridgehead atoms. The highest BCUT2D eigenvalue weighted by molar-refractivity contribution is 6.34. The van der Waals surface area contributed by atoms with E-state index in [9.17, 15) is 4.79 Å². The second-order valence-electron chi connectivity index (χ2n) is 3.51. The van der Waals surface area contributed by atoms with Gasteiger partial charge in [-0.05, 0) is 18.2 Å². The number of halogens is 2. The van der Waals surface area contributed by atoms with E-state index >= 15 is 0 Å². The van der Waals surface area contributed by atoms with E-state index in [1.165, 1.54) is 0 Å². The Morgan fingerprint density at radius 1 is 1.27 bits per heavy atom. The highest BCUT2D eigenvalue weighted by Gasteiger charge is 2.08. The molecule has 82 valence electrons. The summed E-state index contributed by atoms with van der Waals surface area (Å²) < 4.78 is 5.27. The minimum Gasteiger partial charge on any atom is -0.486 e. The third-order valence-corrected chi connectivity index (χ3v) is 2.30. The van der Waals surface area contributed by atoms with E-state index in [1.54, 1.807) is 18.2 Å². The van der Waals surface area contributed by atoms with Crippen LogP contribution in [0.1, 0.15) is 13.8 Å². The summed E-state index contributed by atoms with van der Waals surface area (Å²) in [6, 6.07) is 4.86. The van der Waals surface area contributed by atoms with E-state index in [0.717, 1.165) is 0 Å². The van der Waals surface area contributed by atoms with Gasteiger partial charge in [0.1, 0.15) is 12.4 Å². The maximum absolute atomic E-state index is 11.3. The molecule has 2 nitrogen and oxygen atoms in total. The van der Waals surface area contributed by atoms with Gasteiger partial charge in [0.05, 0.1) is 0 Å². The van der Waals surface area contributed by atoms with Gasteiger partial charge in [-0.15, -0.1) is 0 Å². The first-order valence-corrected chi connectivity index (χ1v) is 5.36. The smallest absolute Gasteiger partial charge is 0.172 e. The van der Waals surface area contributed by atoms with E-state index in [2.05, 4.69) is 0 Å². The largest absolute Gasteiger partial charge is 0.486 e. The average molecular weight is 247 g/mol. The van der Waals surface area contributed by atoms with E-state index in [4.69, 9.17) is 27.9 Å². The van der Waals surface area contributed by atoms with Crippen LogP contribution in [0.2, 0.25) is 10.0 Å². The number of benzene rings is 1. The SMILES string of the molecule is CC(C)C(=O)COc1cc(Cl)cc(Cl)c1. The molecule has 1 rings (SSSR count). The van der Waals surface area contributed by atoms with Crippen molar-refractivity contribution in [1.82, 2.24) is 0 Å². The summed E-state index contributed by atoms with van der Waals surface area (Å²) in [6.45, 7) is 3.71. The van der Waals surface area contributed by atoms with Crippen LogP contribution >= 0.6 is 23.2 Å². The fourth-order valence-corrected chi connectivity index (χ4v) is 1.44. The van der Waals surface area contributed by atoms with Gasteiger partial charge in [-0.1, -0.05) is 37.0 Å². The van der Waals surface area contributed by atoms with Gasteiger partial charge in [-0.3, -0.25) is 4.79 Å². The molecule has 1 aromatic rings. The molecule has 0 aliphatic heterocycles. The molecule has 0 N–H and O–H groups in total. The van der Waals surface area contributed by atoms with Crippen molar-refractivity contribution in [1.29, 1.82) is 0 Å². The zero-order valence-electron chi connectivity index (χ0n) is 8.59. The van der Waals surface area contributed by atoms with Gasteiger partial charge in [0.15, 0.2) is 5.78 Å². The van der Waals surface area contributed by atoms with Crippen LogP contribution in [-0.4, -0.2) is 12.4 Å². The third-order valence-electron chi connectivity index (χ3n) is 1.86. The van der Waals surface area contributed by atoms with Crippen LogP contribution in [-0.2, 0) is 4.79 Å². The molecule has 0 saturated carbocycles. The van der Waals surface area contributed by atoms with Crippen molar-refractivity contribution in [2.45, 2.75) is 13.8 Å². The summed E-state index contributed by atoms with van der Waals surface area (Å²) >= 11 is 11.6. The predicted octanol–water partition coefficient (Wildman–Crippen LogP) is 3.60. The number of ether oxygens (including phenoxy) is 1. The van der Waals surface area contributed by atoms with E-state index in [1.807, 2.05) is 13.8 Å². The van der Waals surface area contributed by atoms with Crippen molar-refractivity contribution in [3.8, 4) is 5.75 Å². The van der Waals surface area contributed by atoms with Crippen LogP contribution in [0.3, 0.4) is 0 Å². The first kappa shape index (κ1) is 12.3. The Morgan fingerprint density at radius 2 is 1.80 bits per heavy atom. The van der Waals surface area contributed by atoms with Gasteiger partial charge >= 0.3 is 0 Å². The number of Topliss-reactive ketones (excluding diaryl/α,β-unsaturated/α-hetero) is 1. The third kappa shape index (κ3) is 4.10. The minimum absolute atomic E-state index is 0.0281. The lowest BCUT2D eigenvalue weighted by Crippen LogP contribution is -2.16. The van der Waals surface area contributed by atoms with Gasteiger partial charge < -0.3 is 4.74 Å². The lowest BCUT2D eigenvalue weighted by atomic mass is 10.1. The summed E-state index contributed by atoms with van der Waals surface area (Å²) in [4.78, 5) is 11.3. The van der Waals surface area contributed by atoms with Crippen molar-refractivity contribution in [2.75, 3.05) is 6.61 Å². The van der Waals surface area contributed by atoms with Crippen molar-refractivity contribution in [3.63, 3.8) is 0 Å². The molecule has 0 spiro atoms.